The van der Waals surface area contributed by atoms with Gasteiger partial charge in [0.1, 0.15) is 18.0 Å². The predicted octanol–water partition coefficient (Wildman–Crippen LogP) is 0.798. The van der Waals surface area contributed by atoms with Gasteiger partial charge in [-0.15, -0.1) is 11.3 Å². The number of piperazine rings is 1. The Morgan fingerprint density at radius 1 is 1.19 bits per heavy atom. The number of anilines is 1. The molecule has 2 aliphatic rings. The minimum atomic E-state index is -0.813. The molecular formula is C22H29N3O5S. The van der Waals surface area contributed by atoms with Crippen molar-refractivity contribution < 1.29 is 24.5 Å². The lowest BCUT2D eigenvalue weighted by Gasteiger charge is -2.41. The molecule has 0 aliphatic carbocycles. The van der Waals surface area contributed by atoms with E-state index in [-0.39, 0.29) is 25.1 Å². The molecule has 0 radical (unpaired) electrons. The second-order valence-corrected chi connectivity index (χ2v) is 8.71. The maximum atomic E-state index is 12.3. The summed E-state index contributed by atoms with van der Waals surface area (Å²) in [6.07, 6.45) is -1.86. The number of carbonyl (C=O) groups is 1. The maximum Gasteiger partial charge on any atom is 0.261 e. The second-order valence-electron chi connectivity index (χ2n) is 7.76. The van der Waals surface area contributed by atoms with Crippen molar-refractivity contribution in [2.75, 3.05) is 51.3 Å². The molecule has 1 aromatic carbocycles. The van der Waals surface area contributed by atoms with Crippen molar-refractivity contribution >= 4 is 22.9 Å². The van der Waals surface area contributed by atoms with Crippen LogP contribution in [0.1, 0.15) is 9.67 Å². The van der Waals surface area contributed by atoms with Crippen LogP contribution in [0.2, 0.25) is 0 Å². The molecule has 3 heterocycles. The summed E-state index contributed by atoms with van der Waals surface area (Å²) in [5, 5.41) is 25.2. The molecule has 2 saturated heterocycles. The van der Waals surface area contributed by atoms with Gasteiger partial charge in [0.15, 0.2) is 0 Å². The smallest absolute Gasteiger partial charge is 0.261 e. The summed E-state index contributed by atoms with van der Waals surface area (Å²) >= 11 is 1.38. The van der Waals surface area contributed by atoms with Crippen LogP contribution in [-0.4, -0.2) is 91.8 Å². The molecule has 2 aliphatic heterocycles. The highest BCUT2D eigenvalue weighted by Gasteiger charge is 2.46. The second kappa shape index (κ2) is 9.97. The Morgan fingerprint density at radius 2 is 1.97 bits per heavy atom. The number of methoxy groups -OCH3 is 1. The highest BCUT2D eigenvalue weighted by Crippen LogP contribution is 2.31. The lowest BCUT2D eigenvalue weighted by molar-refractivity contribution is -0.0209. The van der Waals surface area contributed by atoms with Gasteiger partial charge in [-0.3, -0.25) is 9.69 Å². The Balaban J connectivity index is 1.40. The molecule has 0 unspecified atom stereocenters. The zero-order valence-electron chi connectivity index (χ0n) is 17.5. The van der Waals surface area contributed by atoms with Crippen LogP contribution in [0.25, 0.3) is 0 Å². The fraction of sp³-hybridized carbons (Fsp3) is 0.500. The van der Waals surface area contributed by atoms with E-state index in [1.54, 1.807) is 13.2 Å². The Bertz CT molecular complexity index is 857. The van der Waals surface area contributed by atoms with Crippen LogP contribution < -0.4 is 15.0 Å². The van der Waals surface area contributed by atoms with Crippen molar-refractivity contribution in [1.29, 1.82) is 0 Å². The monoisotopic (exact) mass is 447 g/mol. The van der Waals surface area contributed by atoms with Gasteiger partial charge in [-0.2, -0.15) is 0 Å². The van der Waals surface area contributed by atoms with E-state index in [4.69, 9.17) is 9.47 Å². The number of nitrogens with one attached hydrogen (secondary N) is 1. The minimum Gasteiger partial charge on any atom is -0.495 e. The number of benzene rings is 1. The number of carbonyl (C=O) groups excluding carboxylic acids is 1. The fourth-order valence-corrected chi connectivity index (χ4v) is 5.08. The minimum absolute atomic E-state index is 0.153. The van der Waals surface area contributed by atoms with Crippen LogP contribution in [0.5, 0.6) is 5.75 Å². The highest BCUT2D eigenvalue weighted by atomic mass is 32.1. The summed E-state index contributed by atoms with van der Waals surface area (Å²) < 4.78 is 11.4. The SMILES string of the molecule is COc1ccccc1N1CCN([C@@H]2[C@H](O)[C@H](CO)O[C@@H]2CNC(=O)c2cccs2)CC1. The molecule has 8 nitrogen and oxygen atoms in total. The standard InChI is InChI=1S/C22H29N3O5S/c1-29-16-6-3-2-5-15(16)24-8-10-25(11-9-24)20-17(30-18(14-26)21(20)27)13-23-22(28)19-7-4-12-31-19/h2-7,12,17-18,20-21,26-27H,8-11,13-14H2,1H3,(H,23,28)/t17-,18+,20+,21-/m1/s1. The van der Waals surface area contributed by atoms with Gasteiger partial charge in [0.25, 0.3) is 5.91 Å². The van der Waals surface area contributed by atoms with E-state index < -0.39 is 18.3 Å². The number of aliphatic hydroxyl groups excluding tert-OH is 2. The summed E-state index contributed by atoms with van der Waals surface area (Å²) in [5.41, 5.74) is 1.06. The van der Waals surface area contributed by atoms with Crippen LogP contribution in [0, 0.1) is 0 Å². The number of rotatable bonds is 7. The maximum absolute atomic E-state index is 12.3. The topological polar surface area (TPSA) is 94.5 Å². The van der Waals surface area contributed by atoms with E-state index in [0.717, 1.165) is 37.6 Å². The number of para-hydroxylation sites is 2. The molecule has 1 amide bonds. The van der Waals surface area contributed by atoms with E-state index in [2.05, 4.69) is 15.1 Å². The van der Waals surface area contributed by atoms with Gasteiger partial charge in [0.05, 0.1) is 36.4 Å². The summed E-state index contributed by atoms with van der Waals surface area (Å²) in [6, 6.07) is 11.3. The third-order valence-corrected chi connectivity index (χ3v) is 6.88. The van der Waals surface area contributed by atoms with Crippen LogP contribution >= 0.6 is 11.3 Å². The Hall–Kier alpha value is -2.17. The van der Waals surface area contributed by atoms with Crippen molar-refractivity contribution in [3.8, 4) is 5.75 Å². The quantitative estimate of drug-likeness (QED) is 0.578. The normalized spacial score (nSPS) is 26.7. The van der Waals surface area contributed by atoms with Crippen molar-refractivity contribution in [2.24, 2.45) is 0 Å². The van der Waals surface area contributed by atoms with Gasteiger partial charge >= 0.3 is 0 Å². The molecule has 4 atom stereocenters. The van der Waals surface area contributed by atoms with Crippen molar-refractivity contribution in [3.05, 3.63) is 46.7 Å². The number of nitrogens with zero attached hydrogens (tertiary/aromatic N) is 2. The van der Waals surface area contributed by atoms with E-state index in [1.165, 1.54) is 11.3 Å². The number of amides is 1. The molecule has 9 heteroatoms. The number of aliphatic hydroxyl groups is 2. The molecule has 2 fully saturated rings. The van der Waals surface area contributed by atoms with Gasteiger partial charge in [-0.05, 0) is 23.6 Å². The molecule has 0 spiro atoms. The van der Waals surface area contributed by atoms with Gasteiger partial charge in [0.2, 0.25) is 0 Å². The predicted molar refractivity (Wildman–Crippen MR) is 119 cm³/mol. The first kappa shape index (κ1) is 22.0. The van der Waals surface area contributed by atoms with Gasteiger partial charge in [0, 0.05) is 32.7 Å². The zero-order chi connectivity index (χ0) is 21.8. The Kier molecular flexibility index (Phi) is 7.09. The van der Waals surface area contributed by atoms with Gasteiger partial charge < -0.3 is 29.9 Å². The van der Waals surface area contributed by atoms with Crippen molar-refractivity contribution in [1.82, 2.24) is 10.2 Å². The summed E-state index contributed by atoms with van der Waals surface area (Å²) in [7, 11) is 1.67. The lowest BCUT2D eigenvalue weighted by atomic mass is 10.0. The first-order valence-corrected chi connectivity index (χ1v) is 11.4. The van der Waals surface area contributed by atoms with Crippen LogP contribution in [-0.2, 0) is 4.74 Å². The Labute approximate surface area is 186 Å². The van der Waals surface area contributed by atoms with Crippen molar-refractivity contribution in [3.63, 3.8) is 0 Å². The molecule has 1 aromatic heterocycles. The molecular weight excluding hydrogens is 418 g/mol. The molecule has 3 N–H and O–H groups in total. The summed E-state index contributed by atoms with van der Waals surface area (Å²) in [6.45, 7) is 3.05. The largest absolute Gasteiger partial charge is 0.495 e. The summed E-state index contributed by atoms with van der Waals surface area (Å²) in [5.74, 6) is 0.690. The molecule has 0 saturated carbocycles. The Morgan fingerprint density at radius 3 is 2.65 bits per heavy atom. The molecule has 31 heavy (non-hydrogen) atoms. The fourth-order valence-electron chi connectivity index (χ4n) is 4.44. The van der Waals surface area contributed by atoms with Crippen LogP contribution in [0.15, 0.2) is 41.8 Å². The number of thiophene rings is 1. The van der Waals surface area contributed by atoms with Gasteiger partial charge in [-0.25, -0.2) is 0 Å². The summed E-state index contributed by atoms with van der Waals surface area (Å²) in [4.78, 5) is 17.5. The van der Waals surface area contributed by atoms with Crippen molar-refractivity contribution in [2.45, 2.75) is 24.4 Å². The molecule has 168 valence electrons. The van der Waals surface area contributed by atoms with E-state index in [1.807, 2.05) is 35.7 Å². The van der Waals surface area contributed by atoms with E-state index >= 15 is 0 Å². The number of hydrogen-bond acceptors (Lipinski definition) is 8. The third-order valence-electron chi connectivity index (χ3n) is 6.01. The first-order valence-electron chi connectivity index (χ1n) is 10.5. The number of ether oxygens (including phenoxy) is 2. The third kappa shape index (κ3) is 4.70. The average Bonchev–Trinajstić information content (AvgIpc) is 3.46. The lowest BCUT2D eigenvalue weighted by Crippen LogP contribution is -2.57. The zero-order valence-corrected chi connectivity index (χ0v) is 18.3. The molecule has 0 bridgehead atoms. The van der Waals surface area contributed by atoms with Crippen LogP contribution in [0.3, 0.4) is 0 Å². The number of hydrogen-bond donors (Lipinski definition) is 3. The van der Waals surface area contributed by atoms with E-state index in [9.17, 15) is 15.0 Å². The molecule has 2 aromatic rings. The molecule has 4 rings (SSSR count). The average molecular weight is 448 g/mol. The highest BCUT2D eigenvalue weighted by molar-refractivity contribution is 7.12. The van der Waals surface area contributed by atoms with Gasteiger partial charge in [-0.1, -0.05) is 18.2 Å². The first-order chi connectivity index (χ1) is 15.1. The van der Waals surface area contributed by atoms with E-state index in [0.29, 0.717) is 4.88 Å². The van der Waals surface area contributed by atoms with Crippen LogP contribution in [0.4, 0.5) is 5.69 Å².